The fourth-order valence-electron chi connectivity index (χ4n) is 4.62. The van der Waals surface area contributed by atoms with E-state index in [4.69, 9.17) is 11.6 Å². The third kappa shape index (κ3) is 8.67. The number of rotatable bonds is 13. The quantitative estimate of drug-likeness (QED) is 0.193. The maximum atomic E-state index is 14.3. The molecule has 1 unspecified atom stereocenters. The molecule has 0 aliphatic rings. The molecule has 44 heavy (non-hydrogen) atoms. The average Bonchev–Trinajstić information content (AvgIpc) is 3.02. The van der Waals surface area contributed by atoms with E-state index in [-0.39, 0.29) is 35.4 Å². The second kappa shape index (κ2) is 15.0. The number of halogens is 2. The van der Waals surface area contributed by atoms with Crippen molar-refractivity contribution in [3.8, 4) is 0 Å². The van der Waals surface area contributed by atoms with E-state index >= 15 is 0 Å². The highest BCUT2D eigenvalue weighted by atomic mass is 35.5. The van der Waals surface area contributed by atoms with Crippen LogP contribution in [0.25, 0.3) is 0 Å². The summed E-state index contributed by atoms with van der Waals surface area (Å²) in [6.45, 7) is 3.69. The Morgan fingerprint density at radius 2 is 1.41 bits per heavy atom. The number of benzene rings is 4. The largest absolute Gasteiger partial charge is 0.354 e. The molecule has 0 heterocycles. The third-order valence-corrected chi connectivity index (χ3v) is 8.99. The molecule has 4 aromatic carbocycles. The van der Waals surface area contributed by atoms with Gasteiger partial charge in [-0.2, -0.15) is 0 Å². The van der Waals surface area contributed by atoms with Crippen molar-refractivity contribution in [2.24, 2.45) is 5.92 Å². The van der Waals surface area contributed by atoms with Crippen molar-refractivity contribution in [3.63, 3.8) is 0 Å². The van der Waals surface area contributed by atoms with Crippen LogP contribution in [0.4, 0.5) is 10.1 Å². The molecule has 1 N–H and O–H groups in total. The molecule has 1 atom stereocenters. The van der Waals surface area contributed by atoms with E-state index in [1.165, 1.54) is 41.3 Å². The summed E-state index contributed by atoms with van der Waals surface area (Å²) < 4.78 is 42.7. The van der Waals surface area contributed by atoms with Gasteiger partial charge in [0.25, 0.3) is 10.0 Å². The summed E-state index contributed by atoms with van der Waals surface area (Å²) in [4.78, 5) is 29.4. The van der Waals surface area contributed by atoms with Gasteiger partial charge in [0.2, 0.25) is 11.8 Å². The highest BCUT2D eigenvalue weighted by molar-refractivity contribution is 7.92. The molecule has 0 aromatic heterocycles. The number of nitrogens with one attached hydrogen (secondary N) is 1. The van der Waals surface area contributed by atoms with Gasteiger partial charge in [0, 0.05) is 24.5 Å². The first-order valence-corrected chi connectivity index (χ1v) is 16.1. The highest BCUT2D eigenvalue weighted by Gasteiger charge is 2.34. The van der Waals surface area contributed by atoms with E-state index in [1.54, 1.807) is 42.5 Å². The van der Waals surface area contributed by atoms with Crippen LogP contribution in [0.15, 0.2) is 114 Å². The molecule has 0 aliphatic heterocycles. The lowest BCUT2D eigenvalue weighted by Crippen LogP contribution is -2.53. The summed E-state index contributed by atoms with van der Waals surface area (Å²) in [5, 5.41) is 3.31. The van der Waals surface area contributed by atoms with Gasteiger partial charge in [-0.25, -0.2) is 12.8 Å². The molecular formula is C34H35ClFN3O4S. The maximum absolute atomic E-state index is 14.3. The maximum Gasteiger partial charge on any atom is 0.264 e. The van der Waals surface area contributed by atoms with Crippen LogP contribution in [0.3, 0.4) is 0 Å². The molecule has 0 bridgehead atoms. The number of carbonyl (C=O) groups is 2. The Hall–Kier alpha value is -4.21. The second-order valence-electron chi connectivity index (χ2n) is 10.8. The Morgan fingerprint density at radius 3 is 2.00 bits per heavy atom. The van der Waals surface area contributed by atoms with Crippen molar-refractivity contribution in [1.82, 2.24) is 10.2 Å². The molecule has 0 spiro atoms. The second-order valence-corrected chi connectivity index (χ2v) is 13.1. The van der Waals surface area contributed by atoms with E-state index in [2.05, 4.69) is 5.32 Å². The van der Waals surface area contributed by atoms with Gasteiger partial charge in [0.15, 0.2) is 0 Å². The summed E-state index contributed by atoms with van der Waals surface area (Å²) in [6.07, 6.45) is 0.187. The van der Waals surface area contributed by atoms with Gasteiger partial charge in [-0.05, 0) is 65.6 Å². The Bertz CT molecular complexity index is 1640. The van der Waals surface area contributed by atoms with Crippen LogP contribution in [-0.2, 0) is 32.6 Å². The molecule has 4 aromatic rings. The minimum absolute atomic E-state index is 0.0425. The number of hydrogen-bond acceptors (Lipinski definition) is 4. The molecule has 0 saturated carbocycles. The summed E-state index contributed by atoms with van der Waals surface area (Å²) in [5.74, 6) is -1.25. The smallest absolute Gasteiger partial charge is 0.264 e. The number of carbonyl (C=O) groups excluding carboxylic acids is 2. The van der Waals surface area contributed by atoms with Crippen molar-refractivity contribution in [3.05, 3.63) is 131 Å². The third-order valence-electron chi connectivity index (χ3n) is 6.95. The van der Waals surface area contributed by atoms with Crippen LogP contribution in [-0.4, -0.2) is 44.3 Å². The van der Waals surface area contributed by atoms with E-state index in [0.717, 1.165) is 9.87 Å². The summed E-state index contributed by atoms with van der Waals surface area (Å²) in [7, 11) is -4.23. The monoisotopic (exact) mass is 635 g/mol. The van der Waals surface area contributed by atoms with Crippen molar-refractivity contribution < 1.29 is 22.4 Å². The number of nitrogens with zero attached hydrogens (tertiary/aromatic N) is 2. The topological polar surface area (TPSA) is 86.8 Å². The molecule has 0 fully saturated rings. The normalized spacial score (nSPS) is 12.0. The van der Waals surface area contributed by atoms with Gasteiger partial charge in [-0.1, -0.05) is 86.1 Å². The highest BCUT2D eigenvalue weighted by Crippen LogP contribution is 2.26. The fraction of sp³-hybridized carbons (Fsp3) is 0.235. The zero-order chi connectivity index (χ0) is 31.7. The minimum Gasteiger partial charge on any atom is -0.354 e. The number of anilines is 1. The molecule has 0 aliphatic carbocycles. The lowest BCUT2D eigenvalue weighted by molar-refractivity contribution is -0.140. The van der Waals surface area contributed by atoms with E-state index in [1.807, 2.05) is 44.2 Å². The number of amides is 2. The van der Waals surface area contributed by atoms with E-state index < -0.39 is 34.3 Å². The van der Waals surface area contributed by atoms with Gasteiger partial charge < -0.3 is 10.2 Å². The van der Waals surface area contributed by atoms with Crippen molar-refractivity contribution in [2.45, 2.75) is 37.8 Å². The number of sulfonamides is 1. The van der Waals surface area contributed by atoms with Crippen molar-refractivity contribution in [2.75, 3.05) is 17.4 Å². The summed E-state index contributed by atoms with van der Waals surface area (Å²) in [6, 6.07) is 27.9. The SMILES string of the molecule is CC(C)CNC(=O)C(Cc1ccccc1)N(Cc1ccc(F)cc1)C(=O)CN(c1ccccc1)S(=O)(=O)c1ccc(Cl)cc1. The molecule has 2 amide bonds. The number of hydrogen-bond donors (Lipinski definition) is 1. The van der Waals surface area contributed by atoms with Gasteiger partial charge in [0.1, 0.15) is 18.4 Å². The molecule has 0 saturated heterocycles. The molecule has 7 nitrogen and oxygen atoms in total. The lowest BCUT2D eigenvalue weighted by Gasteiger charge is -2.34. The van der Waals surface area contributed by atoms with E-state index in [9.17, 15) is 22.4 Å². The van der Waals surface area contributed by atoms with E-state index in [0.29, 0.717) is 17.1 Å². The average molecular weight is 636 g/mol. The van der Waals surface area contributed by atoms with Crippen LogP contribution >= 0.6 is 11.6 Å². The Labute approximate surface area is 263 Å². The minimum atomic E-state index is -4.23. The van der Waals surface area contributed by atoms with Crippen LogP contribution in [0, 0.1) is 11.7 Å². The summed E-state index contributed by atoms with van der Waals surface area (Å²) in [5.41, 5.74) is 1.69. The Balaban J connectivity index is 1.77. The van der Waals surface area contributed by atoms with Crippen molar-refractivity contribution >= 4 is 39.1 Å². The van der Waals surface area contributed by atoms with Gasteiger partial charge in [-0.15, -0.1) is 0 Å². The molecule has 10 heteroatoms. The van der Waals surface area contributed by atoms with Gasteiger partial charge in [0.05, 0.1) is 10.6 Å². The first-order valence-electron chi connectivity index (χ1n) is 14.2. The predicted octanol–water partition coefficient (Wildman–Crippen LogP) is 6.09. The molecule has 230 valence electrons. The Morgan fingerprint density at radius 1 is 0.818 bits per heavy atom. The lowest BCUT2D eigenvalue weighted by atomic mass is 10.0. The Kier molecular flexibility index (Phi) is 11.1. The first-order chi connectivity index (χ1) is 21.0. The number of para-hydroxylation sites is 1. The van der Waals surface area contributed by atoms with Crippen LogP contribution in [0.2, 0.25) is 5.02 Å². The molecule has 4 rings (SSSR count). The standard InChI is InChI=1S/C34H35ClFN3O4S/c1-25(2)22-37-34(41)32(21-26-9-5-3-6-10-26)38(23-27-13-17-29(36)18-14-27)33(40)24-39(30-11-7-4-8-12-30)44(42,43)31-19-15-28(35)16-20-31/h3-20,25,32H,21-24H2,1-2H3,(H,37,41). The first kappa shape index (κ1) is 32.7. The summed E-state index contributed by atoms with van der Waals surface area (Å²) >= 11 is 6.02. The van der Waals surface area contributed by atoms with Crippen LogP contribution in [0.5, 0.6) is 0 Å². The van der Waals surface area contributed by atoms with Crippen LogP contribution in [0.1, 0.15) is 25.0 Å². The molecular weight excluding hydrogens is 601 g/mol. The zero-order valence-corrected chi connectivity index (χ0v) is 26.1. The van der Waals surface area contributed by atoms with Crippen molar-refractivity contribution in [1.29, 1.82) is 0 Å². The predicted molar refractivity (Wildman–Crippen MR) is 171 cm³/mol. The molecule has 0 radical (unpaired) electrons. The zero-order valence-electron chi connectivity index (χ0n) is 24.6. The van der Waals surface area contributed by atoms with Gasteiger partial charge >= 0.3 is 0 Å². The fourth-order valence-corrected chi connectivity index (χ4v) is 6.16. The van der Waals surface area contributed by atoms with Crippen LogP contribution < -0.4 is 9.62 Å². The van der Waals surface area contributed by atoms with Gasteiger partial charge in [-0.3, -0.25) is 13.9 Å².